The summed E-state index contributed by atoms with van der Waals surface area (Å²) >= 11 is 0. The molecule has 5 nitrogen and oxygen atoms in total. The van der Waals surface area contributed by atoms with Crippen LogP contribution in [0.4, 0.5) is 11.4 Å². The zero-order chi connectivity index (χ0) is 13.2. The van der Waals surface area contributed by atoms with Crippen molar-refractivity contribution in [1.82, 2.24) is 0 Å². The minimum absolute atomic E-state index is 0.0261. The summed E-state index contributed by atoms with van der Waals surface area (Å²) in [5.41, 5.74) is 1.88. The summed E-state index contributed by atoms with van der Waals surface area (Å²) in [5, 5.41) is 14.0. The van der Waals surface area contributed by atoms with E-state index in [4.69, 9.17) is 4.74 Å². The van der Waals surface area contributed by atoms with E-state index in [1.807, 2.05) is 30.3 Å². The van der Waals surface area contributed by atoms with Gasteiger partial charge in [-0.25, -0.2) is 0 Å². The van der Waals surface area contributed by atoms with Crippen LogP contribution in [-0.2, 0) is 0 Å². The number of para-hydroxylation sites is 1. The van der Waals surface area contributed by atoms with Crippen molar-refractivity contribution in [3.63, 3.8) is 0 Å². The van der Waals surface area contributed by atoms with Crippen LogP contribution >= 0.6 is 0 Å². The summed E-state index contributed by atoms with van der Waals surface area (Å²) in [6, 6.07) is 14.3. The monoisotopic (exact) mass is 256 g/mol. The van der Waals surface area contributed by atoms with Gasteiger partial charge >= 0.3 is 0 Å². The first-order chi connectivity index (χ1) is 9.24. The van der Waals surface area contributed by atoms with Crippen LogP contribution in [0.2, 0.25) is 0 Å². The number of nitrogens with one attached hydrogen (secondary N) is 1. The summed E-state index contributed by atoms with van der Waals surface area (Å²) in [6.07, 6.45) is 0. The second-order valence-corrected chi connectivity index (χ2v) is 4.35. The van der Waals surface area contributed by atoms with Crippen molar-refractivity contribution in [3.8, 4) is 5.75 Å². The molecule has 0 saturated carbocycles. The lowest BCUT2D eigenvalue weighted by atomic mass is 10.1. The quantitative estimate of drug-likeness (QED) is 0.676. The van der Waals surface area contributed by atoms with Gasteiger partial charge in [-0.2, -0.15) is 0 Å². The molecule has 0 aromatic heterocycles. The second-order valence-electron chi connectivity index (χ2n) is 4.35. The maximum absolute atomic E-state index is 10.7. The van der Waals surface area contributed by atoms with Crippen molar-refractivity contribution >= 4 is 11.4 Å². The van der Waals surface area contributed by atoms with Crippen LogP contribution in [0.25, 0.3) is 0 Å². The number of anilines is 1. The Hall–Kier alpha value is -2.56. The molecule has 2 aromatic rings. The molecule has 19 heavy (non-hydrogen) atoms. The number of ether oxygens (including phenoxy) is 1. The molecule has 0 saturated heterocycles. The van der Waals surface area contributed by atoms with E-state index in [0.717, 1.165) is 17.0 Å². The van der Waals surface area contributed by atoms with Crippen LogP contribution in [-0.4, -0.2) is 11.5 Å². The molecule has 1 heterocycles. The highest BCUT2D eigenvalue weighted by atomic mass is 16.6. The molecule has 2 aromatic carbocycles. The molecule has 1 unspecified atom stereocenters. The van der Waals surface area contributed by atoms with Crippen molar-refractivity contribution in [1.29, 1.82) is 0 Å². The Morgan fingerprint density at radius 3 is 2.89 bits per heavy atom. The third-order valence-electron chi connectivity index (χ3n) is 3.10. The van der Waals surface area contributed by atoms with E-state index in [2.05, 4.69) is 5.32 Å². The Morgan fingerprint density at radius 2 is 2.05 bits per heavy atom. The number of hydrogen-bond acceptors (Lipinski definition) is 4. The van der Waals surface area contributed by atoms with Gasteiger partial charge in [0.15, 0.2) is 0 Å². The van der Waals surface area contributed by atoms with Gasteiger partial charge in [0.1, 0.15) is 12.4 Å². The standard InChI is InChI=1S/C14H12N2O3/c17-16(18)11-5-3-4-10(8-11)15-13-9-19-14-7-2-1-6-12(13)14/h1-8,13,15H,9H2. The summed E-state index contributed by atoms with van der Waals surface area (Å²) in [7, 11) is 0. The van der Waals surface area contributed by atoms with Crippen LogP contribution < -0.4 is 10.1 Å². The Morgan fingerprint density at radius 1 is 1.21 bits per heavy atom. The average molecular weight is 256 g/mol. The molecule has 3 rings (SSSR count). The molecule has 0 spiro atoms. The normalized spacial score (nSPS) is 16.5. The van der Waals surface area contributed by atoms with Gasteiger partial charge in [-0.1, -0.05) is 24.3 Å². The highest BCUT2D eigenvalue weighted by molar-refractivity contribution is 5.54. The van der Waals surface area contributed by atoms with Crippen LogP contribution in [0.5, 0.6) is 5.75 Å². The molecule has 1 aliphatic heterocycles. The minimum atomic E-state index is -0.399. The van der Waals surface area contributed by atoms with Crippen molar-refractivity contribution in [3.05, 3.63) is 64.2 Å². The fourth-order valence-corrected chi connectivity index (χ4v) is 2.19. The van der Waals surface area contributed by atoms with Crippen molar-refractivity contribution in [2.45, 2.75) is 6.04 Å². The summed E-state index contributed by atoms with van der Waals surface area (Å²) in [4.78, 5) is 10.3. The molecule has 0 aliphatic carbocycles. The lowest BCUT2D eigenvalue weighted by Gasteiger charge is -2.12. The first-order valence-electron chi connectivity index (χ1n) is 5.97. The topological polar surface area (TPSA) is 64.4 Å². The lowest BCUT2D eigenvalue weighted by Crippen LogP contribution is -2.11. The number of non-ortho nitro benzene ring substituents is 1. The summed E-state index contributed by atoms with van der Waals surface area (Å²) in [5.74, 6) is 0.866. The number of benzene rings is 2. The summed E-state index contributed by atoms with van der Waals surface area (Å²) < 4.78 is 5.56. The lowest BCUT2D eigenvalue weighted by molar-refractivity contribution is -0.384. The van der Waals surface area contributed by atoms with Gasteiger partial charge in [-0.3, -0.25) is 10.1 Å². The Bertz CT molecular complexity index is 628. The molecule has 96 valence electrons. The fraction of sp³-hybridized carbons (Fsp3) is 0.143. The van der Waals surface area contributed by atoms with E-state index in [1.54, 1.807) is 6.07 Å². The number of fused-ring (bicyclic) bond motifs is 1. The van der Waals surface area contributed by atoms with E-state index in [1.165, 1.54) is 12.1 Å². The maximum atomic E-state index is 10.7. The van der Waals surface area contributed by atoms with Gasteiger partial charge in [-0.15, -0.1) is 0 Å². The number of nitro benzene ring substituents is 1. The molecule has 1 aliphatic rings. The van der Waals surface area contributed by atoms with E-state index < -0.39 is 4.92 Å². The van der Waals surface area contributed by atoms with Crippen LogP contribution in [0, 0.1) is 10.1 Å². The molecular formula is C14H12N2O3. The maximum Gasteiger partial charge on any atom is 0.271 e. The zero-order valence-corrected chi connectivity index (χ0v) is 10.1. The van der Waals surface area contributed by atoms with E-state index in [9.17, 15) is 10.1 Å². The van der Waals surface area contributed by atoms with Crippen molar-refractivity contribution in [2.75, 3.05) is 11.9 Å². The number of nitro groups is 1. The van der Waals surface area contributed by atoms with Gasteiger partial charge < -0.3 is 10.1 Å². The van der Waals surface area contributed by atoms with Gasteiger partial charge in [0.2, 0.25) is 0 Å². The Balaban J connectivity index is 1.83. The SMILES string of the molecule is O=[N+]([O-])c1cccc(NC2COc3ccccc32)c1. The largest absolute Gasteiger partial charge is 0.491 e. The van der Waals surface area contributed by atoms with Gasteiger partial charge in [0.05, 0.1) is 11.0 Å². The number of rotatable bonds is 3. The molecule has 1 atom stereocenters. The highest BCUT2D eigenvalue weighted by Crippen LogP contribution is 2.34. The smallest absolute Gasteiger partial charge is 0.271 e. The van der Waals surface area contributed by atoms with Crippen molar-refractivity contribution < 1.29 is 9.66 Å². The average Bonchev–Trinajstić information content (AvgIpc) is 2.83. The first kappa shape index (κ1) is 11.5. The fourth-order valence-electron chi connectivity index (χ4n) is 2.19. The Labute approximate surface area is 110 Å². The van der Waals surface area contributed by atoms with Crippen molar-refractivity contribution in [2.24, 2.45) is 0 Å². The van der Waals surface area contributed by atoms with Crippen LogP contribution in [0.1, 0.15) is 11.6 Å². The molecule has 0 amide bonds. The van der Waals surface area contributed by atoms with E-state index in [-0.39, 0.29) is 11.7 Å². The predicted octanol–water partition coefficient (Wildman–Crippen LogP) is 3.14. The number of hydrogen-bond donors (Lipinski definition) is 1. The molecular weight excluding hydrogens is 244 g/mol. The highest BCUT2D eigenvalue weighted by Gasteiger charge is 2.23. The predicted molar refractivity (Wildman–Crippen MR) is 71.4 cm³/mol. The van der Waals surface area contributed by atoms with Crippen LogP contribution in [0.3, 0.4) is 0 Å². The van der Waals surface area contributed by atoms with Gasteiger partial charge in [-0.05, 0) is 12.1 Å². The van der Waals surface area contributed by atoms with E-state index in [0.29, 0.717) is 6.61 Å². The van der Waals surface area contributed by atoms with E-state index >= 15 is 0 Å². The molecule has 0 radical (unpaired) electrons. The van der Waals surface area contributed by atoms with Crippen LogP contribution in [0.15, 0.2) is 48.5 Å². The van der Waals surface area contributed by atoms with Gasteiger partial charge in [0.25, 0.3) is 5.69 Å². The molecule has 0 bridgehead atoms. The summed E-state index contributed by atoms with van der Waals surface area (Å²) in [6.45, 7) is 0.530. The minimum Gasteiger partial charge on any atom is -0.491 e. The first-order valence-corrected chi connectivity index (χ1v) is 5.97. The molecule has 1 N–H and O–H groups in total. The third-order valence-corrected chi connectivity index (χ3v) is 3.10. The zero-order valence-electron chi connectivity index (χ0n) is 10.1. The number of nitrogens with zero attached hydrogens (tertiary/aromatic N) is 1. The van der Waals surface area contributed by atoms with Gasteiger partial charge in [0, 0.05) is 23.4 Å². The molecule has 0 fully saturated rings. The second kappa shape index (κ2) is 4.61. The third kappa shape index (κ3) is 2.22. The molecule has 5 heteroatoms. The Kier molecular flexibility index (Phi) is 2.79.